The van der Waals surface area contributed by atoms with Gasteiger partial charge in [-0.1, -0.05) is 37.3 Å². The number of carbonyl (C=O) groups excluding carboxylic acids is 1. The Hall–Kier alpha value is -2.56. The van der Waals surface area contributed by atoms with Crippen LogP contribution in [-0.2, 0) is 4.79 Å². The minimum Gasteiger partial charge on any atom is -0.487 e. The van der Waals surface area contributed by atoms with Crippen LogP contribution in [0, 0.1) is 5.82 Å². The number of nitrogens with one attached hydrogen (secondary N) is 1. The van der Waals surface area contributed by atoms with E-state index in [1.54, 1.807) is 12.1 Å². The zero-order valence-corrected chi connectivity index (χ0v) is 15.3. The molecule has 3 rings (SSSR count). The number of rotatable bonds is 5. The number of ether oxygens (including phenoxy) is 2. The quantitative estimate of drug-likeness (QED) is 0.863. The molecular weight excluding hydrogens is 333 g/mol. The average Bonchev–Trinajstić information content (AvgIpc) is 2.60. The van der Waals surface area contributed by atoms with Crippen LogP contribution in [0.15, 0.2) is 48.5 Å². The van der Waals surface area contributed by atoms with Crippen molar-refractivity contribution >= 4 is 5.91 Å². The van der Waals surface area contributed by atoms with Crippen molar-refractivity contribution in [3.8, 4) is 11.5 Å². The Balaban J connectivity index is 1.77. The van der Waals surface area contributed by atoms with Crippen molar-refractivity contribution in [1.82, 2.24) is 5.32 Å². The second-order valence-corrected chi connectivity index (χ2v) is 7.11. The van der Waals surface area contributed by atoms with E-state index in [0.29, 0.717) is 12.8 Å². The van der Waals surface area contributed by atoms with E-state index in [-0.39, 0.29) is 23.3 Å². The maximum absolute atomic E-state index is 13.8. The monoisotopic (exact) mass is 357 g/mol. The van der Waals surface area contributed by atoms with E-state index in [1.807, 2.05) is 45.0 Å². The molecule has 1 heterocycles. The summed E-state index contributed by atoms with van der Waals surface area (Å²) < 4.78 is 25.5. The zero-order chi connectivity index (χ0) is 18.7. The van der Waals surface area contributed by atoms with Crippen LogP contribution in [0.1, 0.15) is 45.2 Å². The molecule has 1 aliphatic rings. The smallest absolute Gasteiger partial charge is 0.261 e. The number of amides is 1. The molecular formula is C21H24FNO3. The van der Waals surface area contributed by atoms with Gasteiger partial charge in [-0.25, -0.2) is 4.39 Å². The number of fused-ring (bicyclic) bond motifs is 1. The Kier molecular flexibility index (Phi) is 5.16. The number of benzene rings is 2. The Morgan fingerprint density at radius 2 is 1.96 bits per heavy atom. The molecule has 0 fully saturated rings. The fourth-order valence-electron chi connectivity index (χ4n) is 3.21. The highest BCUT2D eigenvalue weighted by Crippen LogP contribution is 2.39. The van der Waals surface area contributed by atoms with Crippen LogP contribution in [0.25, 0.3) is 0 Å². The normalized spacial score (nSPS) is 19.0. The highest BCUT2D eigenvalue weighted by Gasteiger charge is 2.35. The first-order chi connectivity index (χ1) is 12.4. The molecule has 0 saturated heterocycles. The lowest BCUT2D eigenvalue weighted by Gasteiger charge is -2.38. The van der Waals surface area contributed by atoms with Crippen molar-refractivity contribution in [2.75, 3.05) is 0 Å². The molecule has 0 spiro atoms. The van der Waals surface area contributed by atoms with Crippen LogP contribution < -0.4 is 14.8 Å². The van der Waals surface area contributed by atoms with Crippen LogP contribution in [0.4, 0.5) is 4.39 Å². The van der Waals surface area contributed by atoms with Gasteiger partial charge in [0.25, 0.3) is 5.91 Å². The summed E-state index contributed by atoms with van der Waals surface area (Å²) in [4.78, 5) is 12.8. The molecule has 0 unspecified atom stereocenters. The molecule has 1 N–H and O–H groups in total. The van der Waals surface area contributed by atoms with Gasteiger partial charge in [0, 0.05) is 12.0 Å². The van der Waals surface area contributed by atoms with E-state index < -0.39 is 11.9 Å². The van der Waals surface area contributed by atoms with Gasteiger partial charge in [-0.2, -0.15) is 0 Å². The molecule has 0 bridgehead atoms. The Morgan fingerprint density at radius 3 is 2.69 bits per heavy atom. The van der Waals surface area contributed by atoms with Gasteiger partial charge in [-0.3, -0.25) is 4.79 Å². The van der Waals surface area contributed by atoms with Gasteiger partial charge < -0.3 is 14.8 Å². The maximum atomic E-state index is 13.8. The largest absolute Gasteiger partial charge is 0.487 e. The van der Waals surface area contributed by atoms with E-state index in [2.05, 4.69) is 5.32 Å². The van der Waals surface area contributed by atoms with E-state index in [0.717, 1.165) is 11.3 Å². The van der Waals surface area contributed by atoms with Crippen LogP contribution in [0.2, 0.25) is 0 Å². The maximum Gasteiger partial charge on any atom is 0.261 e. The van der Waals surface area contributed by atoms with Gasteiger partial charge in [0.2, 0.25) is 0 Å². The number of para-hydroxylation sites is 2. The molecule has 138 valence electrons. The fraction of sp³-hybridized carbons (Fsp3) is 0.381. The third kappa shape index (κ3) is 3.98. The van der Waals surface area contributed by atoms with Crippen molar-refractivity contribution < 1.29 is 18.7 Å². The zero-order valence-electron chi connectivity index (χ0n) is 15.3. The Morgan fingerprint density at radius 1 is 1.27 bits per heavy atom. The highest BCUT2D eigenvalue weighted by molar-refractivity contribution is 5.81. The standard InChI is InChI=1S/C21H24FNO3/c1-4-17(25-19-12-8-6-10-15(19)22)20(24)23-16-13-21(2,3)26-18-11-7-5-9-14(16)18/h5-12,16-17H,4,13H2,1-3H3,(H,23,24)/t16-,17-/m1/s1. The predicted octanol–water partition coefficient (Wildman–Crippen LogP) is 4.40. The molecule has 2 atom stereocenters. The molecule has 0 aliphatic carbocycles. The van der Waals surface area contributed by atoms with Crippen LogP contribution >= 0.6 is 0 Å². The summed E-state index contributed by atoms with van der Waals surface area (Å²) in [5.74, 6) is 0.129. The third-order valence-corrected chi connectivity index (χ3v) is 4.46. The SMILES string of the molecule is CC[C@@H](Oc1ccccc1F)C(=O)N[C@@H]1CC(C)(C)Oc2ccccc21. The third-order valence-electron chi connectivity index (χ3n) is 4.46. The molecule has 5 heteroatoms. The summed E-state index contributed by atoms with van der Waals surface area (Å²) in [7, 11) is 0. The predicted molar refractivity (Wildman–Crippen MR) is 97.8 cm³/mol. The van der Waals surface area contributed by atoms with Crippen molar-refractivity contribution in [3.63, 3.8) is 0 Å². The highest BCUT2D eigenvalue weighted by atomic mass is 19.1. The molecule has 0 radical (unpaired) electrons. The Labute approximate surface area is 153 Å². The first-order valence-electron chi connectivity index (χ1n) is 8.89. The molecule has 1 aliphatic heterocycles. The summed E-state index contributed by atoms with van der Waals surface area (Å²) in [5, 5.41) is 3.06. The van der Waals surface area contributed by atoms with E-state index in [9.17, 15) is 9.18 Å². The minimum absolute atomic E-state index is 0.0854. The summed E-state index contributed by atoms with van der Waals surface area (Å²) >= 11 is 0. The van der Waals surface area contributed by atoms with Gasteiger partial charge in [0.1, 0.15) is 11.4 Å². The topological polar surface area (TPSA) is 47.6 Å². The second-order valence-electron chi connectivity index (χ2n) is 7.11. The van der Waals surface area contributed by atoms with Gasteiger partial charge in [0.05, 0.1) is 6.04 Å². The van der Waals surface area contributed by atoms with Gasteiger partial charge >= 0.3 is 0 Å². The average molecular weight is 357 g/mol. The molecule has 0 aromatic heterocycles. The van der Waals surface area contributed by atoms with Crippen molar-refractivity contribution in [1.29, 1.82) is 0 Å². The number of hydrogen-bond acceptors (Lipinski definition) is 3. The summed E-state index contributed by atoms with van der Waals surface area (Å²) in [5.41, 5.74) is 0.557. The lowest BCUT2D eigenvalue weighted by molar-refractivity contribution is -0.129. The number of carbonyl (C=O) groups is 1. The first-order valence-corrected chi connectivity index (χ1v) is 8.89. The van der Waals surface area contributed by atoms with Crippen molar-refractivity contribution in [2.45, 2.75) is 51.4 Å². The summed E-state index contributed by atoms with van der Waals surface area (Å²) in [6.07, 6.45) is 0.324. The number of hydrogen-bond donors (Lipinski definition) is 1. The molecule has 1 amide bonds. The number of halogens is 1. The summed E-state index contributed by atoms with van der Waals surface area (Å²) in [6.45, 7) is 5.83. The molecule has 2 aromatic carbocycles. The van der Waals surface area contributed by atoms with Gasteiger partial charge in [-0.15, -0.1) is 0 Å². The van der Waals surface area contributed by atoms with Crippen LogP contribution in [-0.4, -0.2) is 17.6 Å². The lowest BCUT2D eigenvalue weighted by atomic mass is 9.89. The van der Waals surface area contributed by atoms with E-state index in [4.69, 9.17) is 9.47 Å². The summed E-state index contributed by atoms with van der Waals surface area (Å²) in [6, 6.07) is 13.6. The van der Waals surface area contributed by atoms with Gasteiger partial charge in [-0.05, 0) is 38.5 Å². The van der Waals surface area contributed by atoms with Crippen LogP contribution in [0.5, 0.6) is 11.5 Å². The first kappa shape index (κ1) is 18.2. The molecule has 4 nitrogen and oxygen atoms in total. The van der Waals surface area contributed by atoms with Crippen molar-refractivity contribution in [2.24, 2.45) is 0 Å². The second kappa shape index (κ2) is 7.36. The van der Waals surface area contributed by atoms with Crippen molar-refractivity contribution in [3.05, 3.63) is 59.9 Å². The van der Waals surface area contributed by atoms with Gasteiger partial charge in [0.15, 0.2) is 17.7 Å². The van der Waals surface area contributed by atoms with E-state index in [1.165, 1.54) is 12.1 Å². The lowest BCUT2D eigenvalue weighted by Crippen LogP contribution is -2.45. The molecule has 2 aromatic rings. The molecule has 26 heavy (non-hydrogen) atoms. The minimum atomic E-state index is -0.759. The van der Waals surface area contributed by atoms with Crippen LogP contribution in [0.3, 0.4) is 0 Å². The van der Waals surface area contributed by atoms with E-state index >= 15 is 0 Å². The Bertz CT molecular complexity index is 790. The molecule has 0 saturated carbocycles. The fourth-order valence-corrected chi connectivity index (χ4v) is 3.21.